The van der Waals surface area contributed by atoms with E-state index in [-0.39, 0.29) is 39.1 Å². The zero-order chi connectivity index (χ0) is 29.6. The molecule has 0 aliphatic heterocycles. The first-order chi connectivity index (χ1) is 18.8. The summed E-state index contributed by atoms with van der Waals surface area (Å²) in [5.41, 5.74) is 2.81. The fraction of sp³-hybridized carbons (Fsp3) is 0.333. The zero-order valence-corrected chi connectivity index (χ0v) is 25.6. The fourth-order valence-corrected chi connectivity index (χ4v) is 6.08. The molecule has 0 bridgehead atoms. The molecule has 7 nitrogen and oxygen atoms in total. The van der Waals surface area contributed by atoms with Gasteiger partial charge < -0.3 is 10.2 Å². The number of nitrogens with one attached hydrogen (secondary N) is 1. The average molecular weight is 605 g/mol. The lowest BCUT2D eigenvalue weighted by atomic mass is 10.1. The van der Waals surface area contributed by atoms with E-state index in [0.717, 1.165) is 21.0 Å². The van der Waals surface area contributed by atoms with Crippen LogP contribution in [0.25, 0.3) is 0 Å². The molecule has 0 saturated carbocycles. The molecule has 40 heavy (non-hydrogen) atoms. The number of nitrogens with zero attached hydrogens (tertiary/aromatic N) is 2. The lowest BCUT2D eigenvalue weighted by molar-refractivity contribution is -0.140. The van der Waals surface area contributed by atoms with Crippen molar-refractivity contribution in [2.24, 2.45) is 0 Å². The fourth-order valence-electron chi connectivity index (χ4n) is 4.22. The second-order valence-corrected chi connectivity index (χ2v) is 12.7. The third-order valence-corrected chi connectivity index (χ3v) is 8.68. The van der Waals surface area contributed by atoms with Crippen LogP contribution in [0.3, 0.4) is 0 Å². The van der Waals surface area contributed by atoms with Crippen LogP contribution in [0.4, 0.5) is 5.69 Å². The molecule has 10 heteroatoms. The van der Waals surface area contributed by atoms with Crippen molar-refractivity contribution in [3.8, 4) is 0 Å². The maximum absolute atomic E-state index is 14.1. The summed E-state index contributed by atoms with van der Waals surface area (Å²) in [5.74, 6) is -0.871. The van der Waals surface area contributed by atoms with Gasteiger partial charge in [-0.25, -0.2) is 8.42 Å². The summed E-state index contributed by atoms with van der Waals surface area (Å²) in [6, 6.07) is 17.4. The van der Waals surface area contributed by atoms with Gasteiger partial charge in [-0.05, 0) is 70.0 Å². The van der Waals surface area contributed by atoms with E-state index in [9.17, 15) is 18.0 Å². The molecule has 0 heterocycles. The van der Waals surface area contributed by atoms with E-state index < -0.39 is 28.5 Å². The maximum Gasteiger partial charge on any atom is 0.264 e. The molecule has 1 atom stereocenters. The van der Waals surface area contributed by atoms with Crippen molar-refractivity contribution in [1.29, 1.82) is 0 Å². The number of carbonyl (C=O) groups is 2. The van der Waals surface area contributed by atoms with Gasteiger partial charge in [0.1, 0.15) is 12.6 Å². The predicted molar refractivity (Wildman–Crippen MR) is 161 cm³/mol. The van der Waals surface area contributed by atoms with Gasteiger partial charge in [-0.15, -0.1) is 0 Å². The third-order valence-electron chi connectivity index (χ3n) is 6.36. The summed E-state index contributed by atoms with van der Waals surface area (Å²) in [4.78, 5) is 28.7. The minimum atomic E-state index is -4.25. The minimum Gasteiger partial charge on any atom is -0.352 e. The largest absolute Gasteiger partial charge is 0.352 e. The number of hydrogen-bond donors (Lipinski definition) is 1. The van der Waals surface area contributed by atoms with E-state index in [0.29, 0.717) is 6.42 Å². The van der Waals surface area contributed by atoms with E-state index >= 15 is 0 Å². The Bertz CT molecular complexity index is 1440. The van der Waals surface area contributed by atoms with Crippen molar-refractivity contribution in [1.82, 2.24) is 10.2 Å². The molecule has 0 unspecified atom stereocenters. The van der Waals surface area contributed by atoms with E-state index in [4.69, 9.17) is 23.2 Å². The van der Waals surface area contributed by atoms with Gasteiger partial charge >= 0.3 is 0 Å². The summed E-state index contributed by atoms with van der Waals surface area (Å²) in [6.07, 6.45) is 0.332. The number of halogens is 2. The normalized spacial score (nSPS) is 12.2. The van der Waals surface area contributed by atoms with E-state index in [2.05, 4.69) is 5.32 Å². The highest BCUT2D eigenvalue weighted by molar-refractivity contribution is 7.92. The first-order valence-corrected chi connectivity index (χ1v) is 15.2. The SMILES string of the molecule is CC[C@H](C(=O)NC(C)C)N(Cc1ccc(C)cc1)C(=O)CN(c1cc(Cl)ccc1Cl)S(=O)(=O)c1ccc(C)cc1. The van der Waals surface area contributed by atoms with Crippen molar-refractivity contribution in [2.75, 3.05) is 10.8 Å². The van der Waals surface area contributed by atoms with Gasteiger partial charge in [0, 0.05) is 17.6 Å². The topological polar surface area (TPSA) is 86.8 Å². The lowest BCUT2D eigenvalue weighted by Gasteiger charge is -2.33. The van der Waals surface area contributed by atoms with Crippen LogP contribution in [-0.4, -0.2) is 43.8 Å². The highest BCUT2D eigenvalue weighted by atomic mass is 35.5. The number of benzene rings is 3. The second kappa shape index (κ2) is 13.5. The molecule has 3 rings (SSSR count). The Morgan fingerprint density at radius 3 is 2.02 bits per heavy atom. The van der Waals surface area contributed by atoms with Crippen LogP contribution in [0.5, 0.6) is 0 Å². The third kappa shape index (κ3) is 7.77. The highest BCUT2D eigenvalue weighted by Gasteiger charge is 2.34. The van der Waals surface area contributed by atoms with Gasteiger partial charge in [-0.3, -0.25) is 13.9 Å². The molecule has 2 amide bonds. The van der Waals surface area contributed by atoms with Crippen molar-refractivity contribution < 1.29 is 18.0 Å². The monoisotopic (exact) mass is 603 g/mol. The standard InChI is InChI=1S/C30H35Cl2N3O4S/c1-6-27(30(37)33-20(2)3)34(18-23-11-7-21(4)8-12-23)29(36)19-35(28-17-24(31)13-16-26(28)32)40(38,39)25-14-9-22(5)10-15-25/h7-17,20,27H,6,18-19H2,1-5H3,(H,33,37)/t27-/m1/s1. The number of rotatable bonds is 11. The molecule has 1 N–H and O–H groups in total. The predicted octanol–water partition coefficient (Wildman–Crippen LogP) is 6.14. The lowest BCUT2D eigenvalue weighted by Crippen LogP contribution is -2.53. The minimum absolute atomic E-state index is 0.00313. The van der Waals surface area contributed by atoms with Crippen molar-refractivity contribution >= 4 is 50.7 Å². The molecule has 0 aliphatic rings. The van der Waals surface area contributed by atoms with Crippen LogP contribution in [0.2, 0.25) is 10.0 Å². The summed E-state index contributed by atoms with van der Waals surface area (Å²) in [7, 11) is -4.25. The van der Waals surface area contributed by atoms with Crippen LogP contribution < -0.4 is 9.62 Å². The number of sulfonamides is 1. The van der Waals surface area contributed by atoms with Crippen LogP contribution >= 0.6 is 23.2 Å². The quantitative estimate of drug-likeness (QED) is 0.285. The Labute approximate surface area is 247 Å². The number of amides is 2. The molecular formula is C30H35Cl2N3O4S. The van der Waals surface area contributed by atoms with Gasteiger partial charge in [0.2, 0.25) is 11.8 Å². The number of anilines is 1. The van der Waals surface area contributed by atoms with Crippen molar-refractivity contribution in [3.63, 3.8) is 0 Å². The van der Waals surface area contributed by atoms with Gasteiger partial charge in [0.05, 0.1) is 15.6 Å². The summed E-state index contributed by atoms with van der Waals surface area (Å²) in [5, 5.41) is 3.26. The average Bonchev–Trinajstić information content (AvgIpc) is 2.89. The van der Waals surface area contributed by atoms with E-state index in [1.807, 2.05) is 58.9 Å². The van der Waals surface area contributed by atoms with Crippen LogP contribution in [0.1, 0.15) is 43.9 Å². The molecule has 214 valence electrons. The number of aryl methyl sites for hydroxylation is 2. The van der Waals surface area contributed by atoms with E-state index in [1.54, 1.807) is 18.2 Å². The molecular weight excluding hydrogens is 569 g/mol. The van der Waals surface area contributed by atoms with Crippen molar-refractivity contribution in [2.45, 2.75) is 64.6 Å². The molecule has 0 saturated heterocycles. The van der Waals surface area contributed by atoms with Crippen LogP contribution in [0.15, 0.2) is 71.6 Å². The number of carbonyl (C=O) groups excluding carboxylic acids is 2. The Hall–Kier alpha value is -3.07. The molecule has 3 aromatic rings. The Kier molecular flexibility index (Phi) is 10.6. The van der Waals surface area contributed by atoms with Gasteiger partial charge in [0.25, 0.3) is 10.0 Å². The summed E-state index contributed by atoms with van der Waals surface area (Å²) in [6.45, 7) is 8.83. The Morgan fingerprint density at radius 2 is 1.48 bits per heavy atom. The molecule has 0 fully saturated rings. The first-order valence-electron chi connectivity index (χ1n) is 13.0. The second-order valence-electron chi connectivity index (χ2n) is 10.0. The maximum atomic E-state index is 14.1. The zero-order valence-electron chi connectivity index (χ0n) is 23.3. The van der Waals surface area contributed by atoms with Gasteiger partial charge in [-0.1, -0.05) is 77.7 Å². The summed E-state index contributed by atoms with van der Waals surface area (Å²) < 4.78 is 28.9. The molecule has 3 aromatic carbocycles. The molecule has 0 radical (unpaired) electrons. The number of hydrogen-bond acceptors (Lipinski definition) is 4. The molecule has 0 aromatic heterocycles. The molecule has 0 aliphatic carbocycles. The summed E-state index contributed by atoms with van der Waals surface area (Å²) >= 11 is 12.7. The van der Waals surface area contributed by atoms with Gasteiger partial charge in [0.15, 0.2) is 0 Å². The Morgan fingerprint density at radius 1 is 0.900 bits per heavy atom. The highest BCUT2D eigenvalue weighted by Crippen LogP contribution is 2.33. The van der Waals surface area contributed by atoms with Crippen LogP contribution in [-0.2, 0) is 26.2 Å². The van der Waals surface area contributed by atoms with Crippen LogP contribution in [0, 0.1) is 13.8 Å². The molecule has 0 spiro atoms. The van der Waals surface area contributed by atoms with Crippen molar-refractivity contribution in [3.05, 3.63) is 93.5 Å². The smallest absolute Gasteiger partial charge is 0.264 e. The van der Waals surface area contributed by atoms with Gasteiger partial charge in [-0.2, -0.15) is 0 Å². The Balaban J connectivity index is 2.10. The first kappa shape index (κ1) is 31.5. The van der Waals surface area contributed by atoms with E-state index in [1.165, 1.54) is 29.2 Å².